The first kappa shape index (κ1) is 19.7. The highest BCUT2D eigenvalue weighted by atomic mass is 32.1. The summed E-state index contributed by atoms with van der Waals surface area (Å²) in [5, 5.41) is 2.26. The van der Waals surface area contributed by atoms with Crippen LogP contribution in [0.2, 0.25) is 0 Å². The number of ether oxygens (including phenoxy) is 1. The normalized spacial score (nSPS) is 11.3. The minimum atomic E-state index is -4.63. The molecule has 3 aromatic rings. The number of nitrogens with one attached hydrogen (secondary N) is 2. The van der Waals surface area contributed by atoms with Crippen molar-refractivity contribution in [2.45, 2.75) is 13.1 Å². The van der Waals surface area contributed by atoms with Gasteiger partial charge in [0.1, 0.15) is 11.4 Å². The summed E-state index contributed by atoms with van der Waals surface area (Å²) in [4.78, 5) is 27.4. The molecule has 0 bridgehead atoms. The Morgan fingerprint density at radius 2 is 1.86 bits per heavy atom. The average molecular weight is 408 g/mol. The number of H-pyrrole nitrogens is 1. The summed E-state index contributed by atoms with van der Waals surface area (Å²) < 4.78 is 43.6. The maximum absolute atomic E-state index is 12.8. The lowest BCUT2D eigenvalue weighted by Crippen LogP contribution is -2.21. The lowest BCUT2D eigenvalue weighted by atomic mass is 10.1. The number of aryl methyl sites for hydroxylation is 1. The molecule has 1 amide bonds. The molecule has 146 valence electrons. The van der Waals surface area contributed by atoms with E-state index in [9.17, 15) is 22.8 Å². The van der Waals surface area contributed by atoms with Crippen molar-refractivity contribution in [2.24, 2.45) is 0 Å². The van der Waals surface area contributed by atoms with Crippen molar-refractivity contribution >= 4 is 22.9 Å². The van der Waals surface area contributed by atoms with Crippen molar-refractivity contribution in [3.8, 4) is 16.9 Å². The first-order chi connectivity index (χ1) is 13.2. The largest absolute Gasteiger partial charge is 0.497 e. The fourth-order valence-corrected chi connectivity index (χ4v) is 3.51. The van der Waals surface area contributed by atoms with Gasteiger partial charge in [-0.2, -0.15) is 13.2 Å². The molecule has 9 heteroatoms. The summed E-state index contributed by atoms with van der Waals surface area (Å²) in [6.07, 6.45) is -4.07. The summed E-state index contributed by atoms with van der Waals surface area (Å²) in [7, 11) is 1.56. The number of carbonyl (C=O) groups is 1. The number of hydrogen-bond donors (Lipinski definition) is 2. The lowest BCUT2D eigenvalue weighted by Gasteiger charge is -2.08. The van der Waals surface area contributed by atoms with Crippen molar-refractivity contribution in [1.82, 2.24) is 4.98 Å². The Morgan fingerprint density at radius 1 is 1.18 bits per heavy atom. The molecule has 0 radical (unpaired) electrons. The molecule has 28 heavy (non-hydrogen) atoms. The molecule has 3 rings (SSSR count). The molecule has 0 aliphatic heterocycles. The number of thiophene rings is 1. The van der Waals surface area contributed by atoms with Gasteiger partial charge in [0.05, 0.1) is 17.6 Å². The second kappa shape index (κ2) is 7.51. The molecular weight excluding hydrogens is 393 g/mol. The zero-order valence-corrected chi connectivity index (χ0v) is 15.6. The Balaban J connectivity index is 1.87. The average Bonchev–Trinajstić information content (AvgIpc) is 3.04. The van der Waals surface area contributed by atoms with Gasteiger partial charge in [-0.3, -0.25) is 9.59 Å². The molecule has 0 saturated heterocycles. The Morgan fingerprint density at radius 3 is 2.46 bits per heavy atom. The van der Waals surface area contributed by atoms with E-state index < -0.39 is 28.9 Å². The monoisotopic (exact) mass is 408 g/mol. The predicted octanol–water partition coefficient (Wildman–Crippen LogP) is 4.69. The molecule has 2 heterocycles. The molecule has 2 N–H and O–H groups in total. The second-order valence-corrected chi connectivity index (χ2v) is 7.15. The summed E-state index contributed by atoms with van der Waals surface area (Å²) in [6, 6.07) is 9.50. The molecule has 0 unspecified atom stereocenters. The molecule has 0 atom stereocenters. The van der Waals surface area contributed by atoms with Gasteiger partial charge in [-0.15, -0.1) is 11.3 Å². The number of aromatic amines is 1. The highest BCUT2D eigenvalue weighted by Gasteiger charge is 2.31. The van der Waals surface area contributed by atoms with E-state index in [1.807, 2.05) is 24.0 Å². The molecular formula is C19H15F3N2O3S. The van der Waals surface area contributed by atoms with Gasteiger partial charge in [-0.05, 0) is 42.3 Å². The number of carbonyl (C=O) groups excluding carboxylic acids is 1. The van der Waals surface area contributed by atoms with Gasteiger partial charge in [-0.25, -0.2) is 0 Å². The number of alkyl halides is 3. The van der Waals surface area contributed by atoms with Gasteiger partial charge in [0.15, 0.2) is 0 Å². The third-order valence-corrected chi connectivity index (χ3v) is 5.07. The number of methoxy groups -OCH3 is 1. The predicted molar refractivity (Wildman–Crippen MR) is 101 cm³/mol. The highest BCUT2D eigenvalue weighted by Crippen LogP contribution is 2.33. The third-order valence-electron chi connectivity index (χ3n) is 4.02. The quantitative estimate of drug-likeness (QED) is 0.658. The SMILES string of the molecule is COc1ccc(-c2cc(C(=O)Nc3cc(C(F)(F)F)c[nH]c3=O)sc2C)cc1. The van der Waals surface area contributed by atoms with E-state index in [2.05, 4.69) is 5.32 Å². The van der Waals surface area contributed by atoms with Crippen LogP contribution >= 0.6 is 11.3 Å². The molecule has 0 aliphatic rings. The van der Waals surface area contributed by atoms with E-state index in [-0.39, 0.29) is 4.88 Å². The van der Waals surface area contributed by atoms with Crippen molar-refractivity contribution in [2.75, 3.05) is 12.4 Å². The zero-order chi connectivity index (χ0) is 20.5. The van der Waals surface area contributed by atoms with Gasteiger partial charge >= 0.3 is 6.18 Å². The Hall–Kier alpha value is -3.07. The summed E-state index contributed by atoms with van der Waals surface area (Å²) in [6.45, 7) is 1.83. The van der Waals surface area contributed by atoms with Crippen LogP contribution < -0.4 is 15.6 Å². The number of anilines is 1. The van der Waals surface area contributed by atoms with Gasteiger partial charge in [-0.1, -0.05) is 12.1 Å². The van der Waals surface area contributed by atoms with Gasteiger partial charge in [0.2, 0.25) is 0 Å². The minimum Gasteiger partial charge on any atom is -0.497 e. The van der Waals surface area contributed by atoms with Crippen molar-refractivity contribution in [1.29, 1.82) is 0 Å². The van der Waals surface area contributed by atoms with Gasteiger partial charge in [0.25, 0.3) is 11.5 Å². The van der Waals surface area contributed by atoms with E-state index >= 15 is 0 Å². The number of amides is 1. The molecule has 5 nitrogen and oxygen atoms in total. The van der Waals surface area contributed by atoms with Crippen molar-refractivity contribution in [3.05, 3.63) is 68.3 Å². The van der Waals surface area contributed by atoms with Gasteiger partial charge in [0, 0.05) is 11.1 Å². The van der Waals surface area contributed by atoms with E-state index in [1.54, 1.807) is 25.3 Å². The van der Waals surface area contributed by atoms with Crippen LogP contribution in [-0.4, -0.2) is 18.0 Å². The first-order valence-corrected chi connectivity index (χ1v) is 8.87. The van der Waals surface area contributed by atoms with Crippen LogP contribution in [0.3, 0.4) is 0 Å². The molecule has 1 aromatic carbocycles. The molecule has 0 saturated carbocycles. The Kier molecular flexibility index (Phi) is 5.28. The van der Waals surface area contributed by atoms with Crippen LogP contribution in [0.4, 0.5) is 18.9 Å². The molecule has 2 aromatic heterocycles. The molecule has 0 fully saturated rings. The van der Waals surface area contributed by atoms with E-state index in [0.717, 1.165) is 16.0 Å². The fourth-order valence-electron chi connectivity index (χ4n) is 2.58. The maximum atomic E-state index is 12.8. The summed E-state index contributed by atoms with van der Waals surface area (Å²) in [5.41, 5.74) is -0.646. The first-order valence-electron chi connectivity index (χ1n) is 8.05. The zero-order valence-electron chi connectivity index (χ0n) is 14.8. The topological polar surface area (TPSA) is 71.2 Å². The second-order valence-electron chi connectivity index (χ2n) is 5.89. The van der Waals surface area contributed by atoms with Crippen molar-refractivity contribution in [3.63, 3.8) is 0 Å². The summed E-state index contributed by atoms with van der Waals surface area (Å²) >= 11 is 1.18. The van der Waals surface area contributed by atoms with Crippen LogP contribution in [-0.2, 0) is 6.18 Å². The number of halogens is 3. The van der Waals surface area contributed by atoms with Crippen LogP contribution in [0.25, 0.3) is 11.1 Å². The smallest absolute Gasteiger partial charge is 0.417 e. The minimum absolute atomic E-state index is 0.278. The van der Waals surface area contributed by atoms with Crippen LogP contribution in [0.15, 0.2) is 47.4 Å². The van der Waals surface area contributed by atoms with Crippen LogP contribution in [0.1, 0.15) is 20.1 Å². The van der Waals surface area contributed by atoms with Crippen molar-refractivity contribution < 1.29 is 22.7 Å². The van der Waals surface area contributed by atoms with Crippen LogP contribution in [0.5, 0.6) is 5.75 Å². The number of benzene rings is 1. The third kappa shape index (κ3) is 4.09. The van der Waals surface area contributed by atoms with Gasteiger partial charge < -0.3 is 15.0 Å². The summed E-state index contributed by atoms with van der Waals surface area (Å²) in [5.74, 6) is 0.0380. The Bertz CT molecular complexity index is 1070. The molecule has 0 spiro atoms. The number of pyridine rings is 1. The number of rotatable bonds is 4. The number of hydrogen-bond acceptors (Lipinski definition) is 4. The van der Waals surface area contributed by atoms with Crippen LogP contribution in [0, 0.1) is 6.92 Å². The Labute approximate surface area is 161 Å². The number of aromatic nitrogens is 1. The fraction of sp³-hybridized carbons (Fsp3) is 0.158. The molecule has 0 aliphatic carbocycles. The van der Waals surface area contributed by atoms with E-state index in [4.69, 9.17) is 4.74 Å². The standard InChI is InChI=1S/C19H15F3N2O3S/c1-10-14(11-3-5-13(27-2)6-4-11)8-16(28-10)18(26)24-15-7-12(19(20,21)22)9-23-17(15)25/h3-9H,1-2H3,(H,23,25)(H,24,26). The van der Waals surface area contributed by atoms with E-state index in [1.165, 1.54) is 11.3 Å². The maximum Gasteiger partial charge on any atom is 0.417 e. The lowest BCUT2D eigenvalue weighted by molar-refractivity contribution is -0.137. The highest BCUT2D eigenvalue weighted by molar-refractivity contribution is 7.14. The van der Waals surface area contributed by atoms with E-state index in [0.29, 0.717) is 18.0 Å².